The molecule has 0 bridgehead atoms. The number of unbranched alkanes of at least 4 members (excludes halogenated alkanes) is 1. The molecule has 3 atom stereocenters. The summed E-state index contributed by atoms with van der Waals surface area (Å²) < 4.78 is 16.5. The summed E-state index contributed by atoms with van der Waals surface area (Å²) in [5, 5.41) is 0. The number of methoxy groups -OCH3 is 2. The molecule has 2 aliphatic heterocycles. The number of nitrogens with zero attached hydrogens (tertiary/aromatic N) is 2. The van der Waals surface area contributed by atoms with Crippen molar-refractivity contribution in [3.63, 3.8) is 0 Å². The Morgan fingerprint density at radius 1 is 1.25 bits per heavy atom. The molecule has 1 aromatic rings. The van der Waals surface area contributed by atoms with Gasteiger partial charge in [0.2, 0.25) is 5.90 Å². The van der Waals surface area contributed by atoms with Crippen molar-refractivity contribution < 1.29 is 19.0 Å². The fourth-order valence-corrected chi connectivity index (χ4v) is 3.52. The number of aliphatic imine (C=N–C) groups is 1. The number of allylic oxidation sites excluding steroid dienone is 1. The summed E-state index contributed by atoms with van der Waals surface area (Å²) >= 11 is 0. The second-order valence-corrected chi connectivity index (χ2v) is 6.96. The Kier molecular flexibility index (Phi) is 6.87. The number of carbonyl (C=O) groups excluding carboxylic acids is 1. The van der Waals surface area contributed by atoms with Crippen LogP contribution in [0.15, 0.2) is 59.4 Å². The monoisotopic (exact) mass is 384 g/mol. The number of hydrogen-bond acceptors (Lipinski definition) is 5. The van der Waals surface area contributed by atoms with E-state index < -0.39 is 6.09 Å². The normalized spacial score (nSPS) is 23.8. The third-order valence-electron chi connectivity index (χ3n) is 4.99. The van der Waals surface area contributed by atoms with Crippen molar-refractivity contribution in [3.05, 3.63) is 59.9 Å². The average Bonchev–Trinajstić information content (AvgIpc) is 3.16. The van der Waals surface area contributed by atoms with E-state index in [0.29, 0.717) is 12.5 Å². The highest BCUT2D eigenvalue weighted by atomic mass is 16.5. The third-order valence-corrected chi connectivity index (χ3v) is 4.99. The van der Waals surface area contributed by atoms with Crippen LogP contribution >= 0.6 is 0 Å². The zero-order chi connectivity index (χ0) is 19.9. The van der Waals surface area contributed by atoms with Gasteiger partial charge in [0.25, 0.3) is 0 Å². The predicted molar refractivity (Wildman–Crippen MR) is 108 cm³/mol. The summed E-state index contributed by atoms with van der Waals surface area (Å²) in [5.41, 5.74) is 1.96. The Morgan fingerprint density at radius 3 is 2.71 bits per heavy atom. The molecule has 0 aliphatic carbocycles. The molecule has 0 saturated heterocycles. The highest BCUT2D eigenvalue weighted by molar-refractivity contribution is 5.96. The maximum atomic E-state index is 12.0. The van der Waals surface area contributed by atoms with Gasteiger partial charge in [-0.15, -0.1) is 0 Å². The summed E-state index contributed by atoms with van der Waals surface area (Å²) in [6.45, 7) is 2.63. The molecule has 0 spiro atoms. The van der Waals surface area contributed by atoms with Crippen molar-refractivity contribution in [3.8, 4) is 0 Å². The topological polar surface area (TPSA) is 60.4 Å². The van der Waals surface area contributed by atoms with E-state index in [4.69, 9.17) is 19.2 Å². The van der Waals surface area contributed by atoms with Crippen molar-refractivity contribution in [1.82, 2.24) is 4.90 Å². The van der Waals surface area contributed by atoms with E-state index in [1.807, 2.05) is 36.4 Å². The van der Waals surface area contributed by atoms with Crippen LogP contribution in [-0.4, -0.2) is 43.8 Å². The Hall–Kier alpha value is -2.60. The van der Waals surface area contributed by atoms with Crippen molar-refractivity contribution in [2.75, 3.05) is 20.8 Å². The Balaban J connectivity index is 1.89. The first-order valence-corrected chi connectivity index (χ1v) is 9.73. The molecule has 6 heteroatoms. The lowest BCUT2D eigenvalue weighted by Crippen LogP contribution is -2.27. The fourth-order valence-electron chi connectivity index (χ4n) is 3.52. The first-order chi connectivity index (χ1) is 13.7. The minimum Gasteiger partial charge on any atom is -0.467 e. The van der Waals surface area contributed by atoms with Gasteiger partial charge in [0.15, 0.2) is 6.10 Å². The first kappa shape index (κ1) is 20.1. The summed E-state index contributed by atoms with van der Waals surface area (Å²) in [4.78, 5) is 18.3. The molecule has 0 saturated carbocycles. The first-order valence-electron chi connectivity index (χ1n) is 9.73. The molecule has 2 aliphatic rings. The van der Waals surface area contributed by atoms with E-state index in [0.717, 1.165) is 30.4 Å². The zero-order valence-corrected chi connectivity index (χ0v) is 16.7. The van der Waals surface area contributed by atoms with Crippen LogP contribution in [0.25, 0.3) is 0 Å². The van der Waals surface area contributed by atoms with E-state index in [2.05, 4.69) is 6.92 Å². The molecule has 0 N–H and O–H groups in total. The Morgan fingerprint density at radius 2 is 2.04 bits per heavy atom. The molecule has 2 heterocycles. The molecule has 0 fully saturated rings. The smallest absolute Gasteiger partial charge is 0.417 e. The van der Waals surface area contributed by atoms with Gasteiger partial charge in [-0.25, -0.2) is 9.79 Å². The lowest BCUT2D eigenvalue weighted by atomic mass is 9.92. The van der Waals surface area contributed by atoms with E-state index in [1.54, 1.807) is 19.5 Å². The van der Waals surface area contributed by atoms with Crippen LogP contribution < -0.4 is 0 Å². The standard InChI is InChI=1S/C22H28N2O4/c1-4-5-9-16-12-13-24(22(25)27-3)14-18(16)21-23-19(15-26-2)20(28-21)17-10-7-6-8-11-17/h6-8,10-14,16,19-20H,4-5,9,15H2,1-3H3/t16-,19-,20-/m0/s1. The zero-order valence-electron chi connectivity index (χ0n) is 16.7. The highest BCUT2D eigenvalue weighted by Crippen LogP contribution is 2.35. The maximum Gasteiger partial charge on any atom is 0.417 e. The number of carbonyl (C=O) groups is 1. The molecule has 0 unspecified atom stereocenters. The van der Waals surface area contributed by atoms with Crippen LogP contribution in [0.1, 0.15) is 37.9 Å². The van der Waals surface area contributed by atoms with E-state index in [-0.39, 0.29) is 18.1 Å². The fraction of sp³-hybridized carbons (Fsp3) is 0.455. The molecule has 3 rings (SSSR count). The number of hydrogen-bond donors (Lipinski definition) is 0. The molecule has 1 amide bonds. The van der Waals surface area contributed by atoms with Gasteiger partial charge in [-0.3, -0.25) is 4.90 Å². The van der Waals surface area contributed by atoms with Crippen molar-refractivity contribution in [2.45, 2.75) is 38.3 Å². The van der Waals surface area contributed by atoms with E-state index in [9.17, 15) is 4.79 Å². The van der Waals surface area contributed by atoms with Gasteiger partial charge in [0, 0.05) is 31.0 Å². The van der Waals surface area contributed by atoms with Gasteiger partial charge in [0.1, 0.15) is 6.04 Å². The quantitative estimate of drug-likeness (QED) is 0.696. The van der Waals surface area contributed by atoms with Gasteiger partial charge >= 0.3 is 6.09 Å². The van der Waals surface area contributed by atoms with Crippen LogP contribution in [0.4, 0.5) is 4.79 Å². The number of amides is 1. The van der Waals surface area contributed by atoms with Gasteiger partial charge in [0.05, 0.1) is 13.7 Å². The summed E-state index contributed by atoms with van der Waals surface area (Å²) in [5.74, 6) is 0.729. The summed E-state index contributed by atoms with van der Waals surface area (Å²) in [7, 11) is 3.04. The highest BCUT2D eigenvalue weighted by Gasteiger charge is 2.36. The molecule has 0 aromatic heterocycles. The summed E-state index contributed by atoms with van der Waals surface area (Å²) in [6, 6.07) is 9.91. The van der Waals surface area contributed by atoms with Crippen molar-refractivity contribution in [2.24, 2.45) is 10.9 Å². The molecule has 6 nitrogen and oxygen atoms in total. The summed E-state index contributed by atoms with van der Waals surface area (Å²) in [6.07, 6.45) is 8.08. The van der Waals surface area contributed by atoms with Crippen LogP contribution in [0.5, 0.6) is 0 Å². The number of ether oxygens (including phenoxy) is 3. The number of rotatable bonds is 7. The van der Waals surface area contributed by atoms with Crippen LogP contribution in [0, 0.1) is 5.92 Å². The van der Waals surface area contributed by atoms with E-state index >= 15 is 0 Å². The largest absolute Gasteiger partial charge is 0.467 e. The van der Waals surface area contributed by atoms with Gasteiger partial charge in [-0.05, 0) is 12.0 Å². The van der Waals surface area contributed by atoms with Crippen LogP contribution in [-0.2, 0) is 14.2 Å². The van der Waals surface area contributed by atoms with Gasteiger partial charge in [-0.1, -0.05) is 56.2 Å². The van der Waals surface area contributed by atoms with Crippen molar-refractivity contribution in [1.29, 1.82) is 0 Å². The SMILES string of the molecule is CCCC[C@H]1C=CN(C(=O)OC)C=C1C1=N[C@@H](COC)[C@H](c2ccccc2)O1. The lowest BCUT2D eigenvalue weighted by molar-refractivity contribution is 0.120. The van der Waals surface area contributed by atoms with E-state index in [1.165, 1.54) is 12.0 Å². The van der Waals surface area contributed by atoms with Crippen LogP contribution in [0.3, 0.4) is 0 Å². The van der Waals surface area contributed by atoms with Crippen molar-refractivity contribution >= 4 is 12.0 Å². The molecule has 1 aromatic carbocycles. The maximum absolute atomic E-state index is 12.0. The molecular weight excluding hydrogens is 356 g/mol. The van der Waals surface area contributed by atoms with Gasteiger partial charge in [-0.2, -0.15) is 0 Å². The third kappa shape index (κ3) is 4.44. The number of benzene rings is 1. The molecular formula is C22H28N2O4. The second kappa shape index (κ2) is 9.55. The Labute approximate surface area is 166 Å². The average molecular weight is 384 g/mol. The molecule has 28 heavy (non-hydrogen) atoms. The minimum atomic E-state index is -0.436. The predicted octanol–water partition coefficient (Wildman–Crippen LogP) is 4.46. The minimum absolute atomic E-state index is 0.132. The molecule has 0 radical (unpaired) electrons. The second-order valence-electron chi connectivity index (χ2n) is 6.96. The van der Waals surface area contributed by atoms with Crippen LogP contribution in [0.2, 0.25) is 0 Å². The molecule has 150 valence electrons. The van der Waals surface area contributed by atoms with Gasteiger partial charge < -0.3 is 14.2 Å². The Bertz CT molecular complexity index is 757. The lowest BCUT2D eigenvalue weighted by Gasteiger charge is -2.25.